The molecule has 0 bridgehead atoms. The lowest BCUT2D eigenvalue weighted by atomic mass is 10.0. The lowest BCUT2D eigenvalue weighted by Gasteiger charge is -2.22. The van der Waals surface area contributed by atoms with Gasteiger partial charge in [0.05, 0.1) is 17.6 Å². The van der Waals surface area contributed by atoms with Gasteiger partial charge in [0.1, 0.15) is 12.4 Å². The van der Waals surface area contributed by atoms with E-state index in [2.05, 4.69) is 52.9 Å². The van der Waals surface area contributed by atoms with Crippen LogP contribution in [0.25, 0.3) is 22.0 Å². The van der Waals surface area contributed by atoms with Gasteiger partial charge in [0, 0.05) is 45.1 Å². The van der Waals surface area contributed by atoms with Crippen LogP contribution < -0.4 is 4.74 Å². The van der Waals surface area contributed by atoms with Crippen molar-refractivity contribution >= 4 is 28.6 Å². The first-order valence-electron chi connectivity index (χ1n) is 12.8. The Morgan fingerprint density at radius 3 is 2.47 bits per heavy atom. The fraction of sp³-hybridized carbons (Fsp3) is 0.188. The van der Waals surface area contributed by atoms with Crippen LogP contribution in [-0.2, 0) is 30.8 Å². The van der Waals surface area contributed by atoms with E-state index in [1.807, 2.05) is 54.7 Å². The van der Waals surface area contributed by atoms with Crippen molar-refractivity contribution in [2.24, 2.45) is 0 Å². The average Bonchev–Trinajstić information content (AvgIpc) is 3.21. The molecule has 0 saturated carbocycles. The summed E-state index contributed by atoms with van der Waals surface area (Å²) in [7, 11) is 0. The Balaban J connectivity index is 1.34. The topological polar surface area (TPSA) is 64.3 Å². The highest BCUT2D eigenvalue weighted by atomic mass is 32.2. The monoisotopic (exact) mass is 520 g/mol. The zero-order chi connectivity index (χ0) is 26.1. The van der Waals surface area contributed by atoms with Crippen molar-refractivity contribution in [1.29, 1.82) is 0 Å². The van der Waals surface area contributed by atoms with Crippen molar-refractivity contribution in [3.8, 4) is 16.9 Å². The van der Waals surface area contributed by atoms with Gasteiger partial charge in [-0.25, -0.2) is 0 Å². The molecule has 1 atom stereocenters. The molecule has 0 aliphatic carbocycles. The number of pyridine rings is 1. The fourth-order valence-corrected chi connectivity index (χ4v) is 6.55. The predicted octanol–water partition coefficient (Wildman–Crippen LogP) is 6.99. The summed E-state index contributed by atoms with van der Waals surface area (Å²) in [6.07, 6.45) is 2.75. The summed E-state index contributed by atoms with van der Waals surface area (Å²) in [5, 5.41) is 11.2. The van der Waals surface area contributed by atoms with Crippen molar-refractivity contribution in [1.82, 2.24) is 9.55 Å². The van der Waals surface area contributed by atoms with Crippen molar-refractivity contribution in [3.05, 3.63) is 114 Å². The van der Waals surface area contributed by atoms with Crippen LogP contribution in [0.3, 0.4) is 0 Å². The number of carbonyl (C=O) groups is 1. The standard InChI is InChI=1S/C32H28N2O3S/c1-21-16-26-29(37-20-25-13-12-24(18-33-25)23-10-6-3-7-11-23)15-14-27-31(26)32(38-21)28(17-30(35)36)34(27)19-22-8-4-2-5-9-22/h2-15,18,21H,16-17,19-20H2,1H3,(H,35,36). The molecule has 5 nitrogen and oxygen atoms in total. The Hall–Kier alpha value is -4.03. The number of rotatable bonds is 8. The molecule has 38 heavy (non-hydrogen) atoms. The van der Waals surface area contributed by atoms with Crippen molar-refractivity contribution in [2.45, 2.75) is 43.1 Å². The Kier molecular flexibility index (Phi) is 6.64. The summed E-state index contributed by atoms with van der Waals surface area (Å²) in [5.74, 6) is 0.0267. The summed E-state index contributed by atoms with van der Waals surface area (Å²) >= 11 is 1.77. The lowest BCUT2D eigenvalue weighted by Crippen LogP contribution is -2.11. The number of hydrogen-bond acceptors (Lipinski definition) is 4. The highest BCUT2D eigenvalue weighted by Gasteiger charge is 2.29. The van der Waals surface area contributed by atoms with Crippen LogP contribution in [0.5, 0.6) is 5.75 Å². The van der Waals surface area contributed by atoms with E-state index >= 15 is 0 Å². The van der Waals surface area contributed by atoms with Crippen LogP contribution in [0.15, 0.2) is 96.0 Å². The molecule has 190 valence electrons. The van der Waals surface area contributed by atoms with Gasteiger partial charge in [0.15, 0.2) is 0 Å². The quantitative estimate of drug-likeness (QED) is 0.239. The second kappa shape index (κ2) is 10.4. The van der Waals surface area contributed by atoms with Gasteiger partial charge in [-0.3, -0.25) is 9.78 Å². The Morgan fingerprint density at radius 2 is 1.76 bits per heavy atom. The van der Waals surface area contributed by atoms with Crippen molar-refractivity contribution in [3.63, 3.8) is 0 Å². The molecule has 0 radical (unpaired) electrons. The van der Waals surface area contributed by atoms with Crippen LogP contribution in [0.4, 0.5) is 0 Å². The minimum Gasteiger partial charge on any atom is -0.487 e. The zero-order valence-electron chi connectivity index (χ0n) is 21.1. The Labute approximate surface area is 226 Å². The number of hydrogen-bond donors (Lipinski definition) is 1. The third-order valence-corrected chi connectivity index (χ3v) is 8.22. The minimum atomic E-state index is -0.819. The van der Waals surface area contributed by atoms with E-state index in [1.54, 1.807) is 11.8 Å². The normalized spacial score (nSPS) is 14.5. The number of benzene rings is 3. The van der Waals surface area contributed by atoms with Crippen LogP contribution in [0, 0.1) is 0 Å². The first-order valence-corrected chi connectivity index (χ1v) is 13.7. The fourth-order valence-electron chi connectivity index (χ4n) is 5.23. The van der Waals surface area contributed by atoms with Crippen molar-refractivity contribution in [2.75, 3.05) is 0 Å². The Bertz CT molecular complexity index is 1600. The van der Waals surface area contributed by atoms with E-state index in [0.717, 1.165) is 61.6 Å². The summed E-state index contributed by atoms with van der Waals surface area (Å²) in [6, 6.07) is 28.6. The van der Waals surface area contributed by atoms with E-state index in [9.17, 15) is 9.90 Å². The zero-order valence-corrected chi connectivity index (χ0v) is 21.9. The van der Waals surface area contributed by atoms with Gasteiger partial charge >= 0.3 is 5.97 Å². The SMILES string of the molecule is CC1Cc2c(OCc3ccc(-c4ccccc4)cn3)ccc3c2c(c(CC(=O)O)n3Cc2ccccc2)S1. The van der Waals surface area contributed by atoms with Crippen LogP contribution in [0.1, 0.15) is 29.4 Å². The molecule has 0 fully saturated rings. The molecular formula is C32H28N2O3S. The molecule has 0 spiro atoms. The maximum atomic E-state index is 11.9. The molecule has 5 aromatic rings. The molecule has 0 amide bonds. The Morgan fingerprint density at radius 1 is 1.00 bits per heavy atom. The van der Waals surface area contributed by atoms with E-state index in [1.165, 1.54) is 0 Å². The number of carboxylic acids is 1. The molecule has 1 aliphatic rings. The number of aromatic nitrogens is 2. The van der Waals surface area contributed by atoms with E-state index in [4.69, 9.17) is 4.74 Å². The van der Waals surface area contributed by atoms with Crippen LogP contribution in [-0.4, -0.2) is 25.9 Å². The first kappa shape index (κ1) is 24.3. The van der Waals surface area contributed by atoms with Gasteiger partial charge in [-0.2, -0.15) is 0 Å². The van der Waals surface area contributed by atoms with Crippen molar-refractivity contribution < 1.29 is 14.6 Å². The van der Waals surface area contributed by atoms with Crippen LogP contribution >= 0.6 is 11.8 Å². The van der Waals surface area contributed by atoms with E-state index in [0.29, 0.717) is 18.4 Å². The summed E-state index contributed by atoms with van der Waals surface area (Å²) in [6.45, 7) is 3.20. The summed E-state index contributed by atoms with van der Waals surface area (Å²) < 4.78 is 8.53. The number of ether oxygens (including phenoxy) is 1. The minimum absolute atomic E-state index is 0.0100. The predicted molar refractivity (Wildman–Crippen MR) is 152 cm³/mol. The van der Waals surface area contributed by atoms with Gasteiger partial charge in [-0.1, -0.05) is 73.7 Å². The first-order chi connectivity index (χ1) is 18.6. The van der Waals surface area contributed by atoms with Gasteiger partial charge in [-0.15, -0.1) is 11.8 Å². The third kappa shape index (κ3) is 4.79. The maximum absolute atomic E-state index is 11.9. The molecule has 1 N–H and O–H groups in total. The molecule has 6 heteroatoms. The molecule has 2 aromatic heterocycles. The van der Waals surface area contributed by atoms with Crippen LogP contribution in [0.2, 0.25) is 0 Å². The average molecular weight is 521 g/mol. The molecule has 1 aliphatic heterocycles. The van der Waals surface area contributed by atoms with Gasteiger partial charge in [0.25, 0.3) is 0 Å². The largest absolute Gasteiger partial charge is 0.487 e. The number of aliphatic carboxylic acids is 1. The van der Waals surface area contributed by atoms with E-state index in [-0.39, 0.29) is 6.42 Å². The van der Waals surface area contributed by atoms with Gasteiger partial charge in [-0.05, 0) is 35.7 Å². The third-order valence-electron chi connectivity index (χ3n) is 6.97. The molecule has 1 unspecified atom stereocenters. The highest BCUT2D eigenvalue weighted by Crippen LogP contribution is 2.47. The smallest absolute Gasteiger partial charge is 0.309 e. The number of nitrogens with zero attached hydrogens (tertiary/aromatic N) is 2. The second-order valence-electron chi connectivity index (χ2n) is 9.68. The molecule has 6 rings (SSSR count). The van der Waals surface area contributed by atoms with Gasteiger partial charge in [0.2, 0.25) is 0 Å². The lowest BCUT2D eigenvalue weighted by molar-refractivity contribution is -0.136. The highest BCUT2D eigenvalue weighted by molar-refractivity contribution is 8.00. The number of thioether (sulfide) groups is 1. The molecule has 3 aromatic carbocycles. The second-order valence-corrected chi connectivity index (χ2v) is 11.1. The maximum Gasteiger partial charge on any atom is 0.309 e. The molecule has 3 heterocycles. The summed E-state index contributed by atoms with van der Waals surface area (Å²) in [4.78, 5) is 17.6. The summed E-state index contributed by atoms with van der Waals surface area (Å²) in [5.41, 5.74) is 7.31. The molecular weight excluding hydrogens is 492 g/mol. The molecule has 0 saturated heterocycles. The number of carboxylic acid groups (broad SMARTS) is 1. The van der Waals surface area contributed by atoms with E-state index < -0.39 is 5.97 Å². The van der Waals surface area contributed by atoms with Gasteiger partial charge < -0.3 is 14.4 Å².